The molecule has 0 saturated carbocycles. The first-order valence-corrected chi connectivity index (χ1v) is 4.73. The second-order valence-electron chi connectivity index (χ2n) is 3.14. The fourth-order valence-electron chi connectivity index (χ4n) is 1.35. The van der Waals surface area contributed by atoms with Gasteiger partial charge < -0.3 is 11.5 Å². The number of rotatable bonds is 1. The summed E-state index contributed by atoms with van der Waals surface area (Å²) in [6.45, 7) is 0.575. The summed E-state index contributed by atoms with van der Waals surface area (Å²) >= 11 is 0. The Morgan fingerprint density at radius 1 is 1.28 bits per heavy atom. The Balaban J connectivity index is 0. The molecule has 2 aromatic heterocycles. The number of nitrogens with two attached hydrogens (primary N) is 2. The first-order valence-electron chi connectivity index (χ1n) is 4.73. The van der Waals surface area contributed by atoms with Crippen LogP contribution in [0.15, 0.2) is 24.5 Å². The molecular weight excluding hydrogens is 295 g/mol. The van der Waals surface area contributed by atoms with Crippen molar-refractivity contribution in [2.75, 3.05) is 12.3 Å². The third-order valence-corrected chi connectivity index (χ3v) is 2.05. The SMILES string of the molecule is Cl.Cl.Cl.NCCC#Cc1cnc2c(N)cccn12. The Labute approximate surface area is 124 Å². The molecule has 7 heteroatoms. The van der Waals surface area contributed by atoms with Gasteiger partial charge in [0.2, 0.25) is 0 Å². The number of nitrogens with zero attached hydrogens (tertiary/aromatic N) is 2. The average Bonchev–Trinajstić information content (AvgIpc) is 2.64. The number of hydrogen-bond donors (Lipinski definition) is 2. The van der Waals surface area contributed by atoms with Gasteiger partial charge in [0.15, 0.2) is 5.65 Å². The molecule has 0 unspecified atom stereocenters. The number of hydrogen-bond acceptors (Lipinski definition) is 3. The van der Waals surface area contributed by atoms with E-state index in [4.69, 9.17) is 11.5 Å². The van der Waals surface area contributed by atoms with Gasteiger partial charge in [-0.15, -0.1) is 37.2 Å². The van der Waals surface area contributed by atoms with Crippen molar-refractivity contribution in [1.82, 2.24) is 9.38 Å². The Bertz CT molecular complexity index is 542. The number of aromatic nitrogens is 2. The molecule has 0 aliphatic carbocycles. The van der Waals surface area contributed by atoms with Crippen molar-refractivity contribution >= 4 is 48.6 Å². The number of halogens is 3. The molecule has 0 fully saturated rings. The van der Waals surface area contributed by atoms with Crippen LogP contribution in [-0.2, 0) is 0 Å². The Hall–Kier alpha value is -1.12. The lowest BCUT2D eigenvalue weighted by atomic mass is 10.3. The molecule has 100 valence electrons. The van der Waals surface area contributed by atoms with Crippen LogP contribution in [0, 0.1) is 11.8 Å². The second-order valence-corrected chi connectivity index (χ2v) is 3.14. The van der Waals surface area contributed by atoms with Gasteiger partial charge in [-0.3, -0.25) is 4.40 Å². The molecule has 0 amide bonds. The van der Waals surface area contributed by atoms with Crippen LogP contribution in [0.2, 0.25) is 0 Å². The zero-order chi connectivity index (χ0) is 10.7. The van der Waals surface area contributed by atoms with Crippen LogP contribution in [0.3, 0.4) is 0 Å². The van der Waals surface area contributed by atoms with Gasteiger partial charge in [0.25, 0.3) is 0 Å². The predicted molar refractivity (Wildman–Crippen MR) is 81.9 cm³/mol. The molecule has 2 rings (SSSR count). The third kappa shape index (κ3) is 3.97. The summed E-state index contributed by atoms with van der Waals surface area (Å²) in [7, 11) is 0. The highest BCUT2D eigenvalue weighted by molar-refractivity contribution is 5.86. The fraction of sp³-hybridized carbons (Fsp3) is 0.182. The molecule has 0 saturated heterocycles. The van der Waals surface area contributed by atoms with E-state index in [1.165, 1.54) is 0 Å². The van der Waals surface area contributed by atoms with E-state index in [-0.39, 0.29) is 37.2 Å². The molecule has 0 aliphatic heterocycles. The summed E-state index contributed by atoms with van der Waals surface area (Å²) in [6.07, 6.45) is 4.30. The van der Waals surface area contributed by atoms with Gasteiger partial charge in [0, 0.05) is 19.2 Å². The summed E-state index contributed by atoms with van der Waals surface area (Å²) in [5.74, 6) is 5.98. The molecule has 0 aromatic carbocycles. The molecule has 4 nitrogen and oxygen atoms in total. The van der Waals surface area contributed by atoms with E-state index in [1.807, 2.05) is 22.7 Å². The number of nitrogen functional groups attached to an aromatic ring is 1. The first-order chi connectivity index (χ1) is 7.33. The van der Waals surface area contributed by atoms with Crippen molar-refractivity contribution in [1.29, 1.82) is 0 Å². The zero-order valence-corrected chi connectivity index (χ0v) is 11.9. The summed E-state index contributed by atoms with van der Waals surface area (Å²) in [6, 6.07) is 3.69. The van der Waals surface area contributed by atoms with Gasteiger partial charge in [-0.1, -0.05) is 5.92 Å². The van der Waals surface area contributed by atoms with Crippen molar-refractivity contribution in [3.8, 4) is 11.8 Å². The van der Waals surface area contributed by atoms with Crippen LogP contribution in [0.25, 0.3) is 5.65 Å². The van der Waals surface area contributed by atoms with Crippen LogP contribution in [0.4, 0.5) is 5.69 Å². The van der Waals surface area contributed by atoms with Crippen LogP contribution in [0.1, 0.15) is 12.1 Å². The molecule has 0 atom stereocenters. The molecule has 2 aromatic rings. The van der Waals surface area contributed by atoms with E-state index in [2.05, 4.69) is 16.8 Å². The molecule has 0 spiro atoms. The van der Waals surface area contributed by atoms with Crippen molar-refractivity contribution in [3.05, 3.63) is 30.2 Å². The fourth-order valence-corrected chi connectivity index (χ4v) is 1.35. The normalized spacial score (nSPS) is 8.28. The number of fused-ring (bicyclic) bond motifs is 1. The van der Waals surface area contributed by atoms with Crippen molar-refractivity contribution in [3.63, 3.8) is 0 Å². The standard InChI is InChI=1S/C11H12N4.3ClH/c12-6-2-1-4-9-8-14-11-10(13)5-3-7-15(9)11;;;/h3,5,7-8H,2,6,12-13H2;3*1H. The number of anilines is 1. The van der Waals surface area contributed by atoms with Gasteiger partial charge in [0.1, 0.15) is 5.69 Å². The summed E-state index contributed by atoms with van der Waals surface area (Å²) in [5, 5.41) is 0. The van der Waals surface area contributed by atoms with Crippen LogP contribution < -0.4 is 11.5 Å². The van der Waals surface area contributed by atoms with E-state index < -0.39 is 0 Å². The average molecular weight is 310 g/mol. The van der Waals surface area contributed by atoms with Crippen molar-refractivity contribution in [2.45, 2.75) is 6.42 Å². The predicted octanol–water partition coefficient (Wildman–Crippen LogP) is 1.88. The molecule has 18 heavy (non-hydrogen) atoms. The van der Waals surface area contributed by atoms with Crippen LogP contribution >= 0.6 is 37.2 Å². The number of pyridine rings is 1. The first kappa shape index (κ1) is 19.2. The second kappa shape index (κ2) is 8.90. The maximum atomic E-state index is 5.77. The Morgan fingerprint density at radius 3 is 2.67 bits per heavy atom. The molecular formula is C11H15Cl3N4. The van der Waals surface area contributed by atoms with E-state index in [0.29, 0.717) is 18.7 Å². The minimum absolute atomic E-state index is 0. The Kier molecular flexibility index (Phi) is 9.50. The van der Waals surface area contributed by atoms with Crippen molar-refractivity contribution < 1.29 is 0 Å². The molecule has 0 radical (unpaired) electrons. The van der Waals surface area contributed by atoms with E-state index in [9.17, 15) is 0 Å². The Morgan fingerprint density at radius 2 is 2.00 bits per heavy atom. The minimum atomic E-state index is 0. The van der Waals surface area contributed by atoms with Gasteiger partial charge in [-0.2, -0.15) is 0 Å². The smallest absolute Gasteiger partial charge is 0.161 e. The highest BCUT2D eigenvalue weighted by Gasteiger charge is 2.01. The third-order valence-electron chi connectivity index (χ3n) is 2.05. The highest BCUT2D eigenvalue weighted by Crippen LogP contribution is 2.12. The van der Waals surface area contributed by atoms with Crippen LogP contribution in [0.5, 0.6) is 0 Å². The summed E-state index contributed by atoms with van der Waals surface area (Å²) in [5.41, 5.74) is 13.4. The molecule has 0 bridgehead atoms. The largest absolute Gasteiger partial charge is 0.396 e. The van der Waals surface area contributed by atoms with Gasteiger partial charge in [-0.25, -0.2) is 4.98 Å². The lowest BCUT2D eigenvalue weighted by Crippen LogP contribution is -1.96. The van der Waals surface area contributed by atoms with Gasteiger partial charge in [0.05, 0.1) is 11.9 Å². The van der Waals surface area contributed by atoms with E-state index in [0.717, 1.165) is 11.3 Å². The van der Waals surface area contributed by atoms with Gasteiger partial charge in [-0.05, 0) is 18.1 Å². The monoisotopic (exact) mass is 308 g/mol. The highest BCUT2D eigenvalue weighted by atomic mass is 35.5. The molecule has 4 N–H and O–H groups in total. The summed E-state index contributed by atoms with van der Waals surface area (Å²) < 4.78 is 1.87. The van der Waals surface area contributed by atoms with E-state index in [1.54, 1.807) is 6.20 Å². The lowest BCUT2D eigenvalue weighted by Gasteiger charge is -1.96. The topological polar surface area (TPSA) is 69.3 Å². The minimum Gasteiger partial charge on any atom is -0.396 e. The lowest BCUT2D eigenvalue weighted by molar-refractivity contribution is 1.03. The maximum Gasteiger partial charge on any atom is 0.161 e. The van der Waals surface area contributed by atoms with E-state index >= 15 is 0 Å². The van der Waals surface area contributed by atoms with Gasteiger partial charge >= 0.3 is 0 Å². The zero-order valence-electron chi connectivity index (χ0n) is 9.50. The molecule has 0 aliphatic rings. The van der Waals surface area contributed by atoms with Crippen molar-refractivity contribution in [2.24, 2.45) is 5.73 Å². The van der Waals surface area contributed by atoms with Crippen LogP contribution in [-0.4, -0.2) is 15.9 Å². The maximum absolute atomic E-state index is 5.77. The summed E-state index contributed by atoms with van der Waals surface area (Å²) in [4.78, 5) is 4.20. The number of imidazole rings is 1. The molecule has 2 heterocycles. The quantitative estimate of drug-likeness (QED) is 0.790.